The van der Waals surface area contributed by atoms with Crippen LogP contribution in [0, 0.1) is 17.8 Å². The smallest absolute Gasteiger partial charge is 0.245 e. The van der Waals surface area contributed by atoms with Crippen molar-refractivity contribution in [3.63, 3.8) is 0 Å². The molecule has 0 saturated carbocycles. The lowest BCUT2D eigenvalue weighted by molar-refractivity contribution is -0.147. The standard InChI is InChI=1S/C41H76N8O9/c1-18-19-32(50)46(13)23-33(51)47(14)31(22-41(10,11)58-17)38(55)45-34(26(6)7)40(57)49(16)30(21-25(4)5)37(54)43-27(8)35(52)44-28(9)39(56)48(15)29(20-24(2)3)36(53)42-12/h24-31,34H,18-23H2,1-17H3,(H,42,53)(H,43,54)(H,44,52)(H,45,55)/t27-,28+,29+,30+,31+,34+/m1/s1. The first-order valence-electron chi connectivity index (χ1n) is 20.4. The number of rotatable bonds is 24. The van der Waals surface area contributed by atoms with Crippen molar-refractivity contribution >= 4 is 47.3 Å². The monoisotopic (exact) mass is 825 g/mol. The van der Waals surface area contributed by atoms with Gasteiger partial charge in [0.05, 0.1) is 12.1 Å². The first-order chi connectivity index (χ1) is 26.7. The van der Waals surface area contributed by atoms with Crippen molar-refractivity contribution in [1.29, 1.82) is 0 Å². The summed E-state index contributed by atoms with van der Waals surface area (Å²) in [6.45, 7) is 19.2. The van der Waals surface area contributed by atoms with E-state index < -0.39 is 83.2 Å². The molecule has 4 N–H and O–H groups in total. The molecule has 334 valence electrons. The van der Waals surface area contributed by atoms with Crippen LogP contribution in [0.2, 0.25) is 0 Å². The SMILES string of the molecule is CCCC(=O)N(C)CC(=O)N(C)[C@@H](CC(C)(C)OC)C(=O)N[C@H](C(=O)N(C)[C@@H](CC(C)C)C(=O)N[C@H](C)C(=O)N[C@@H](C)C(=O)N(C)[C@@H](CC(C)C)C(=O)NC)C(C)C. The number of carbonyl (C=O) groups excluding carboxylic acids is 8. The van der Waals surface area contributed by atoms with Crippen LogP contribution in [0.25, 0.3) is 0 Å². The summed E-state index contributed by atoms with van der Waals surface area (Å²) >= 11 is 0. The Bertz CT molecular complexity index is 1420. The Morgan fingerprint density at radius 3 is 1.52 bits per heavy atom. The van der Waals surface area contributed by atoms with Crippen LogP contribution in [0.1, 0.15) is 108 Å². The number of hydrogen-bond donors (Lipinski definition) is 4. The summed E-state index contributed by atoms with van der Waals surface area (Å²) in [5.74, 6) is -4.28. The molecule has 0 bridgehead atoms. The molecule has 0 aliphatic heterocycles. The molecule has 0 heterocycles. The highest BCUT2D eigenvalue weighted by molar-refractivity contribution is 5.97. The Morgan fingerprint density at radius 2 is 1.07 bits per heavy atom. The number of carbonyl (C=O) groups is 8. The number of likely N-dealkylation sites (N-methyl/N-ethyl adjacent to an activating group) is 5. The van der Waals surface area contributed by atoms with Gasteiger partial charge in [-0.25, -0.2) is 0 Å². The van der Waals surface area contributed by atoms with Crippen LogP contribution in [-0.2, 0) is 43.1 Å². The molecule has 0 spiro atoms. The Morgan fingerprint density at radius 1 is 0.603 bits per heavy atom. The Balaban J connectivity index is 6.24. The van der Waals surface area contributed by atoms with Gasteiger partial charge in [0.2, 0.25) is 47.3 Å². The minimum atomic E-state index is -1.11. The molecule has 0 unspecified atom stereocenters. The fraction of sp³-hybridized carbons (Fsp3) is 0.805. The zero-order valence-corrected chi connectivity index (χ0v) is 38.4. The van der Waals surface area contributed by atoms with Crippen molar-refractivity contribution in [2.75, 3.05) is 48.9 Å². The summed E-state index contributed by atoms with van der Waals surface area (Å²) in [4.78, 5) is 112. The number of nitrogens with zero attached hydrogens (tertiary/aromatic N) is 4. The number of methoxy groups -OCH3 is 1. The minimum absolute atomic E-state index is 0.0582. The summed E-state index contributed by atoms with van der Waals surface area (Å²) in [5, 5.41) is 10.7. The highest BCUT2D eigenvalue weighted by Gasteiger charge is 2.39. The Labute approximate surface area is 347 Å². The van der Waals surface area contributed by atoms with E-state index in [0.29, 0.717) is 12.8 Å². The highest BCUT2D eigenvalue weighted by atomic mass is 16.5. The molecule has 17 heteroatoms. The number of nitrogens with one attached hydrogen (secondary N) is 4. The van der Waals surface area contributed by atoms with Crippen LogP contribution in [0.3, 0.4) is 0 Å². The van der Waals surface area contributed by atoms with Crippen LogP contribution in [0.4, 0.5) is 0 Å². The lowest BCUT2D eigenvalue weighted by Crippen LogP contribution is -2.61. The van der Waals surface area contributed by atoms with E-state index in [0.717, 1.165) is 0 Å². The van der Waals surface area contributed by atoms with E-state index in [4.69, 9.17) is 4.74 Å². The van der Waals surface area contributed by atoms with Crippen LogP contribution >= 0.6 is 0 Å². The van der Waals surface area contributed by atoms with Gasteiger partial charge in [0.15, 0.2) is 0 Å². The summed E-state index contributed by atoms with van der Waals surface area (Å²) < 4.78 is 5.59. The molecule has 0 saturated heterocycles. The van der Waals surface area contributed by atoms with Crippen molar-refractivity contribution in [1.82, 2.24) is 40.9 Å². The molecule has 6 atom stereocenters. The number of amides is 8. The third kappa shape index (κ3) is 16.9. The second-order valence-electron chi connectivity index (χ2n) is 17.2. The maximum Gasteiger partial charge on any atom is 0.245 e. The second-order valence-corrected chi connectivity index (χ2v) is 17.2. The molecule has 0 aromatic heterocycles. The molecule has 17 nitrogen and oxygen atoms in total. The van der Waals surface area contributed by atoms with E-state index in [1.165, 1.54) is 75.8 Å². The van der Waals surface area contributed by atoms with Crippen LogP contribution in [0.15, 0.2) is 0 Å². The Kier molecular flexibility index (Phi) is 22.8. The van der Waals surface area contributed by atoms with E-state index >= 15 is 0 Å². The van der Waals surface area contributed by atoms with Crippen LogP contribution < -0.4 is 21.3 Å². The van der Waals surface area contributed by atoms with E-state index in [2.05, 4.69) is 21.3 Å². The first-order valence-corrected chi connectivity index (χ1v) is 20.4. The summed E-state index contributed by atoms with van der Waals surface area (Å²) in [6.07, 6.45) is 1.62. The van der Waals surface area contributed by atoms with Crippen molar-refractivity contribution in [2.45, 2.75) is 150 Å². The molecule has 0 rings (SSSR count). The highest BCUT2D eigenvalue weighted by Crippen LogP contribution is 2.21. The molecule has 0 radical (unpaired) electrons. The molecule has 0 aliphatic rings. The van der Waals surface area contributed by atoms with Crippen molar-refractivity contribution in [2.24, 2.45) is 17.8 Å². The fourth-order valence-corrected chi connectivity index (χ4v) is 6.25. The van der Waals surface area contributed by atoms with Crippen LogP contribution in [0.5, 0.6) is 0 Å². The molecular formula is C41H76N8O9. The molecule has 58 heavy (non-hydrogen) atoms. The molecule has 0 aromatic rings. The molecule has 0 aromatic carbocycles. The number of ether oxygens (including phenoxy) is 1. The molecule has 8 amide bonds. The average molecular weight is 825 g/mol. The van der Waals surface area contributed by atoms with Gasteiger partial charge in [0.1, 0.15) is 36.3 Å². The lowest BCUT2D eigenvalue weighted by atomic mass is 9.95. The molecular weight excluding hydrogens is 748 g/mol. The van der Waals surface area contributed by atoms with Gasteiger partial charge < -0.3 is 45.6 Å². The lowest BCUT2D eigenvalue weighted by Gasteiger charge is -2.37. The maximum absolute atomic E-state index is 14.2. The zero-order valence-electron chi connectivity index (χ0n) is 38.4. The topological polar surface area (TPSA) is 207 Å². The van der Waals surface area contributed by atoms with Gasteiger partial charge >= 0.3 is 0 Å². The van der Waals surface area contributed by atoms with E-state index in [9.17, 15) is 38.4 Å². The largest absolute Gasteiger partial charge is 0.379 e. The Hall–Kier alpha value is -4.28. The van der Waals surface area contributed by atoms with Gasteiger partial charge in [-0.2, -0.15) is 0 Å². The normalized spacial score (nSPS) is 14.7. The van der Waals surface area contributed by atoms with Gasteiger partial charge in [-0.1, -0.05) is 48.5 Å². The quantitative estimate of drug-likeness (QED) is 0.111. The third-order valence-electron chi connectivity index (χ3n) is 10.2. The van der Waals surface area contributed by atoms with Crippen molar-refractivity contribution < 1.29 is 43.1 Å². The zero-order chi connectivity index (χ0) is 45.4. The van der Waals surface area contributed by atoms with Gasteiger partial charge in [-0.3, -0.25) is 38.4 Å². The third-order valence-corrected chi connectivity index (χ3v) is 10.2. The van der Waals surface area contributed by atoms with E-state index in [1.807, 2.05) is 34.6 Å². The van der Waals surface area contributed by atoms with E-state index in [-0.39, 0.29) is 49.5 Å². The summed E-state index contributed by atoms with van der Waals surface area (Å²) in [7, 11) is 8.94. The fourth-order valence-electron chi connectivity index (χ4n) is 6.25. The molecule has 0 fully saturated rings. The minimum Gasteiger partial charge on any atom is -0.379 e. The predicted octanol–water partition coefficient (Wildman–Crippen LogP) is 1.53. The van der Waals surface area contributed by atoms with Crippen molar-refractivity contribution in [3.05, 3.63) is 0 Å². The predicted molar refractivity (Wildman–Crippen MR) is 223 cm³/mol. The second kappa shape index (κ2) is 24.6. The number of hydrogen-bond acceptors (Lipinski definition) is 9. The van der Waals surface area contributed by atoms with Crippen LogP contribution in [-0.4, -0.2) is 158 Å². The maximum atomic E-state index is 14.2. The van der Waals surface area contributed by atoms with Gasteiger partial charge in [-0.05, 0) is 64.7 Å². The summed E-state index contributed by atoms with van der Waals surface area (Å²) in [6, 6.07) is -6.09. The summed E-state index contributed by atoms with van der Waals surface area (Å²) in [5.41, 5.74) is -0.846. The first kappa shape index (κ1) is 53.7. The van der Waals surface area contributed by atoms with Gasteiger partial charge in [0.25, 0.3) is 0 Å². The molecule has 0 aliphatic carbocycles. The van der Waals surface area contributed by atoms with Crippen molar-refractivity contribution in [3.8, 4) is 0 Å². The average Bonchev–Trinajstić information content (AvgIpc) is 3.14. The van der Waals surface area contributed by atoms with Gasteiger partial charge in [-0.15, -0.1) is 0 Å². The van der Waals surface area contributed by atoms with E-state index in [1.54, 1.807) is 27.7 Å². The van der Waals surface area contributed by atoms with Gasteiger partial charge in [0, 0.05) is 55.2 Å².